The summed E-state index contributed by atoms with van der Waals surface area (Å²) in [6.07, 6.45) is -0.145. The Morgan fingerprint density at radius 1 is 1.24 bits per heavy atom. The third kappa shape index (κ3) is 4.14. The van der Waals surface area contributed by atoms with Crippen LogP contribution in [-0.2, 0) is 14.3 Å². The molecule has 0 bridgehead atoms. The molecule has 0 radical (unpaired) electrons. The first kappa shape index (κ1) is 13.0. The molecule has 17 heavy (non-hydrogen) atoms. The fourth-order valence-corrected chi connectivity index (χ4v) is 1.55. The van der Waals surface area contributed by atoms with Crippen molar-refractivity contribution in [2.24, 2.45) is 0 Å². The van der Waals surface area contributed by atoms with Gasteiger partial charge < -0.3 is 14.9 Å². The Morgan fingerprint density at radius 2 is 1.82 bits per heavy atom. The molecule has 5 heteroatoms. The van der Waals surface area contributed by atoms with E-state index in [1.807, 2.05) is 0 Å². The number of methoxy groups -OCH3 is 1. The minimum Gasteiger partial charge on any atom is -0.508 e. The molecule has 0 fully saturated rings. The molecule has 0 aliphatic heterocycles. The van der Waals surface area contributed by atoms with Gasteiger partial charge in [0.1, 0.15) is 5.75 Å². The van der Waals surface area contributed by atoms with E-state index in [1.54, 1.807) is 12.1 Å². The number of benzene rings is 1. The predicted octanol–water partition coefficient (Wildman–Crippen LogP) is 1.51. The summed E-state index contributed by atoms with van der Waals surface area (Å²) in [6.45, 7) is 0. The molecule has 0 saturated carbocycles. The van der Waals surface area contributed by atoms with Crippen LogP contribution in [0.1, 0.15) is 24.3 Å². The van der Waals surface area contributed by atoms with Crippen molar-refractivity contribution in [1.82, 2.24) is 0 Å². The second-order valence-corrected chi connectivity index (χ2v) is 3.67. The predicted molar refractivity (Wildman–Crippen MR) is 59.7 cm³/mol. The van der Waals surface area contributed by atoms with Gasteiger partial charge in [-0.25, -0.2) is 0 Å². The summed E-state index contributed by atoms with van der Waals surface area (Å²) in [5.41, 5.74) is 0.690. The van der Waals surface area contributed by atoms with E-state index in [-0.39, 0.29) is 18.6 Å². The topological polar surface area (TPSA) is 83.8 Å². The van der Waals surface area contributed by atoms with Crippen LogP contribution in [0.25, 0.3) is 0 Å². The van der Waals surface area contributed by atoms with E-state index in [0.29, 0.717) is 5.56 Å². The molecule has 1 aromatic carbocycles. The monoisotopic (exact) mass is 238 g/mol. The Balaban J connectivity index is 2.85. The van der Waals surface area contributed by atoms with Gasteiger partial charge in [-0.15, -0.1) is 0 Å². The molecule has 1 rings (SSSR count). The lowest BCUT2D eigenvalue weighted by atomic mass is 9.92. The van der Waals surface area contributed by atoms with Gasteiger partial charge in [0.2, 0.25) is 0 Å². The standard InChI is InChI=1S/C12H14O5/c1-17-12(16)7-9(6-11(14)15)8-2-4-10(13)5-3-8/h2-5,9,13H,6-7H2,1H3,(H,14,15). The first-order chi connectivity index (χ1) is 8.02. The zero-order valence-corrected chi connectivity index (χ0v) is 9.42. The van der Waals surface area contributed by atoms with Crippen LogP contribution >= 0.6 is 0 Å². The van der Waals surface area contributed by atoms with Gasteiger partial charge in [-0.1, -0.05) is 12.1 Å². The number of phenolic OH excluding ortho intramolecular Hbond substituents is 1. The van der Waals surface area contributed by atoms with E-state index in [9.17, 15) is 9.59 Å². The summed E-state index contributed by atoms with van der Waals surface area (Å²) in [5.74, 6) is -1.78. The van der Waals surface area contributed by atoms with Crippen molar-refractivity contribution in [3.05, 3.63) is 29.8 Å². The number of carboxylic acid groups (broad SMARTS) is 1. The lowest BCUT2D eigenvalue weighted by Gasteiger charge is -2.13. The largest absolute Gasteiger partial charge is 0.508 e. The number of rotatable bonds is 5. The molecule has 1 atom stereocenters. The lowest BCUT2D eigenvalue weighted by molar-refractivity contribution is -0.141. The van der Waals surface area contributed by atoms with E-state index >= 15 is 0 Å². The van der Waals surface area contributed by atoms with Gasteiger partial charge in [0.15, 0.2) is 0 Å². The first-order valence-electron chi connectivity index (χ1n) is 5.10. The summed E-state index contributed by atoms with van der Waals surface area (Å²) < 4.78 is 4.53. The zero-order valence-electron chi connectivity index (χ0n) is 9.42. The lowest BCUT2D eigenvalue weighted by Crippen LogP contribution is -2.12. The van der Waals surface area contributed by atoms with Crippen molar-refractivity contribution in [3.8, 4) is 5.75 Å². The fourth-order valence-electron chi connectivity index (χ4n) is 1.55. The van der Waals surface area contributed by atoms with Gasteiger partial charge in [-0.05, 0) is 17.7 Å². The Labute approximate surface area is 98.6 Å². The number of carbonyl (C=O) groups is 2. The van der Waals surface area contributed by atoms with Crippen molar-refractivity contribution in [1.29, 1.82) is 0 Å². The van der Waals surface area contributed by atoms with Crippen molar-refractivity contribution in [3.63, 3.8) is 0 Å². The molecular weight excluding hydrogens is 224 g/mol. The number of ether oxygens (including phenoxy) is 1. The van der Waals surface area contributed by atoms with E-state index in [0.717, 1.165) is 0 Å². The number of esters is 1. The fraction of sp³-hybridized carbons (Fsp3) is 0.333. The van der Waals surface area contributed by atoms with E-state index in [2.05, 4.69) is 4.74 Å². The molecule has 1 aromatic rings. The van der Waals surface area contributed by atoms with Crippen LogP contribution in [-0.4, -0.2) is 29.3 Å². The summed E-state index contributed by atoms with van der Waals surface area (Å²) in [4.78, 5) is 21.9. The maximum absolute atomic E-state index is 11.2. The van der Waals surface area contributed by atoms with Crippen LogP contribution in [0.5, 0.6) is 5.75 Å². The third-order valence-corrected chi connectivity index (χ3v) is 2.43. The third-order valence-electron chi connectivity index (χ3n) is 2.43. The molecule has 92 valence electrons. The molecular formula is C12H14O5. The van der Waals surface area contributed by atoms with Gasteiger partial charge >= 0.3 is 11.9 Å². The minimum absolute atomic E-state index is 0.00752. The van der Waals surface area contributed by atoms with Crippen LogP contribution in [0.2, 0.25) is 0 Å². The molecule has 2 N–H and O–H groups in total. The summed E-state index contributed by atoms with van der Waals surface area (Å²) in [5, 5.41) is 17.9. The number of hydrogen-bond acceptors (Lipinski definition) is 4. The minimum atomic E-state index is -0.980. The van der Waals surface area contributed by atoms with E-state index < -0.39 is 17.9 Å². The second kappa shape index (κ2) is 5.89. The maximum atomic E-state index is 11.2. The van der Waals surface area contributed by atoms with Crippen molar-refractivity contribution in [2.75, 3.05) is 7.11 Å². The van der Waals surface area contributed by atoms with Crippen molar-refractivity contribution < 1.29 is 24.5 Å². The molecule has 0 spiro atoms. The molecule has 0 amide bonds. The number of carboxylic acids is 1. The van der Waals surface area contributed by atoms with E-state index in [1.165, 1.54) is 19.2 Å². The highest BCUT2D eigenvalue weighted by atomic mass is 16.5. The summed E-state index contributed by atoms with van der Waals surface area (Å²) >= 11 is 0. The van der Waals surface area contributed by atoms with Gasteiger partial charge in [0, 0.05) is 5.92 Å². The summed E-state index contributed by atoms with van der Waals surface area (Å²) in [7, 11) is 1.26. The van der Waals surface area contributed by atoms with Crippen LogP contribution in [0, 0.1) is 0 Å². The molecule has 0 heterocycles. The van der Waals surface area contributed by atoms with Crippen LogP contribution in [0.4, 0.5) is 0 Å². The summed E-state index contributed by atoms with van der Waals surface area (Å²) in [6, 6.07) is 6.13. The smallest absolute Gasteiger partial charge is 0.306 e. The highest BCUT2D eigenvalue weighted by Gasteiger charge is 2.19. The molecule has 0 aliphatic rings. The quantitative estimate of drug-likeness (QED) is 0.760. The highest BCUT2D eigenvalue weighted by molar-refractivity contribution is 5.73. The zero-order chi connectivity index (χ0) is 12.8. The normalized spacial score (nSPS) is 11.8. The number of phenols is 1. The van der Waals surface area contributed by atoms with Crippen LogP contribution in [0.15, 0.2) is 24.3 Å². The first-order valence-corrected chi connectivity index (χ1v) is 5.10. The Kier molecular flexibility index (Phi) is 4.51. The SMILES string of the molecule is COC(=O)CC(CC(=O)O)c1ccc(O)cc1. The van der Waals surface area contributed by atoms with E-state index in [4.69, 9.17) is 10.2 Å². The average molecular weight is 238 g/mol. The Bertz CT molecular complexity index is 396. The second-order valence-electron chi connectivity index (χ2n) is 3.67. The van der Waals surface area contributed by atoms with Crippen LogP contribution in [0.3, 0.4) is 0 Å². The number of aromatic hydroxyl groups is 1. The maximum Gasteiger partial charge on any atom is 0.306 e. The Hall–Kier alpha value is -2.04. The van der Waals surface area contributed by atoms with Crippen molar-refractivity contribution in [2.45, 2.75) is 18.8 Å². The van der Waals surface area contributed by atoms with Gasteiger partial charge in [-0.3, -0.25) is 9.59 Å². The number of hydrogen-bond donors (Lipinski definition) is 2. The number of carbonyl (C=O) groups excluding carboxylic acids is 1. The molecule has 0 saturated heterocycles. The molecule has 0 aromatic heterocycles. The van der Waals surface area contributed by atoms with Gasteiger partial charge in [-0.2, -0.15) is 0 Å². The number of aliphatic carboxylic acids is 1. The molecule has 5 nitrogen and oxygen atoms in total. The Morgan fingerprint density at radius 3 is 2.29 bits per heavy atom. The van der Waals surface area contributed by atoms with Crippen molar-refractivity contribution >= 4 is 11.9 Å². The van der Waals surface area contributed by atoms with Gasteiger partial charge in [0.25, 0.3) is 0 Å². The molecule has 0 aliphatic carbocycles. The highest BCUT2D eigenvalue weighted by Crippen LogP contribution is 2.25. The molecule has 1 unspecified atom stereocenters. The average Bonchev–Trinajstić information content (AvgIpc) is 2.28. The van der Waals surface area contributed by atoms with Crippen LogP contribution < -0.4 is 0 Å². The van der Waals surface area contributed by atoms with Gasteiger partial charge in [0.05, 0.1) is 20.0 Å².